The number of rotatable bonds is 11. The molecule has 0 saturated carbocycles. The van der Waals surface area contributed by atoms with Crippen LogP contribution in [0, 0.1) is 0 Å². The fraction of sp³-hybridized carbons (Fsp3) is 0.933. The van der Waals surface area contributed by atoms with Gasteiger partial charge in [0.2, 0.25) is 0 Å². The third-order valence-corrected chi connectivity index (χ3v) is 4.23. The molecule has 0 saturated heterocycles. The van der Waals surface area contributed by atoms with Crippen LogP contribution in [0.4, 0.5) is 65.9 Å². The van der Waals surface area contributed by atoms with E-state index in [0.717, 1.165) is 12.2 Å². The van der Waals surface area contributed by atoms with Crippen molar-refractivity contribution in [3.05, 3.63) is 0 Å². The molecule has 1 amide bonds. The molecule has 0 unspecified atom stereocenters. The SMILES string of the molecule is CCCCC[C@@H](C)NC(=O)C(F)(F)C(F)(F)C(F)(F)C(F)(F)C(F)(F)C(F)(F)C(F)(F)F. The number of nitrogens with one attached hydrogen (secondary N) is 1. The summed E-state index contributed by atoms with van der Waals surface area (Å²) in [5.41, 5.74) is 0. The Kier molecular flexibility index (Phi) is 8.54. The van der Waals surface area contributed by atoms with Crippen LogP contribution in [0.15, 0.2) is 0 Å². The van der Waals surface area contributed by atoms with E-state index in [9.17, 15) is 70.7 Å². The van der Waals surface area contributed by atoms with Crippen LogP contribution < -0.4 is 5.32 Å². The molecule has 0 aromatic rings. The number of alkyl halides is 15. The molecule has 0 heterocycles. The van der Waals surface area contributed by atoms with E-state index in [1.807, 2.05) is 0 Å². The smallest absolute Gasteiger partial charge is 0.348 e. The summed E-state index contributed by atoms with van der Waals surface area (Å²) >= 11 is 0. The lowest BCUT2D eigenvalue weighted by Crippen LogP contribution is -2.74. The molecule has 0 aliphatic rings. The molecule has 2 nitrogen and oxygen atoms in total. The van der Waals surface area contributed by atoms with Gasteiger partial charge in [-0.2, -0.15) is 65.9 Å². The minimum absolute atomic E-state index is 0.187. The van der Waals surface area contributed by atoms with Crippen LogP contribution in [0.25, 0.3) is 0 Å². The summed E-state index contributed by atoms with van der Waals surface area (Å²) in [5.74, 6) is -51.2. The van der Waals surface area contributed by atoms with E-state index >= 15 is 0 Å². The standard InChI is InChI=1S/C15H16F15NO/c1-3-4-5-6-7(2)31-8(32)9(16,17)10(18,19)11(20,21)12(22,23)13(24,25)14(26,27)15(28,29)30/h7H,3-6H2,1-2H3,(H,31,32)/t7-/m1/s1. The third kappa shape index (κ3) is 4.70. The maximum Gasteiger partial charge on any atom is 0.460 e. The van der Waals surface area contributed by atoms with Crippen molar-refractivity contribution in [2.45, 2.75) is 87.3 Å². The van der Waals surface area contributed by atoms with Gasteiger partial charge in [0, 0.05) is 6.04 Å². The van der Waals surface area contributed by atoms with E-state index < -0.39 is 53.7 Å². The number of carbonyl (C=O) groups excluding carboxylic acids is 1. The number of carbonyl (C=O) groups is 1. The molecule has 192 valence electrons. The maximum absolute atomic E-state index is 13.7. The van der Waals surface area contributed by atoms with Crippen LogP contribution in [0.1, 0.15) is 39.5 Å². The van der Waals surface area contributed by atoms with E-state index in [0.29, 0.717) is 12.8 Å². The molecule has 0 aromatic carbocycles. The highest BCUT2D eigenvalue weighted by Gasteiger charge is 2.94. The number of halogens is 15. The predicted molar refractivity (Wildman–Crippen MR) is 77.5 cm³/mol. The van der Waals surface area contributed by atoms with Gasteiger partial charge in [-0.1, -0.05) is 26.2 Å². The van der Waals surface area contributed by atoms with Gasteiger partial charge >= 0.3 is 41.7 Å². The van der Waals surface area contributed by atoms with Gasteiger partial charge in [0.05, 0.1) is 0 Å². The van der Waals surface area contributed by atoms with Gasteiger partial charge in [-0.05, 0) is 13.3 Å². The average molecular weight is 511 g/mol. The first-order chi connectivity index (χ1) is 13.9. The number of hydrogen-bond donors (Lipinski definition) is 1. The van der Waals surface area contributed by atoms with Crippen molar-refractivity contribution >= 4 is 5.91 Å². The molecule has 0 rings (SSSR count). The summed E-state index contributed by atoms with van der Waals surface area (Å²) in [6, 6.07) is -1.44. The molecule has 1 atom stereocenters. The Morgan fingerprint density at radius 2 is 1.03 bits per heavy atom. The largest absolute Gasteiger partial charge is 0.460 e. The second kappa shape index (κ2) is 8.99. The number of amides is 1. The topological polar surface area (TPSA) is 29.1 Å². The van der Waals surface area contributed by atoms with Gasteiger partial charge in [0.15, 0.2) is 0 Å². The lowest BCUT2D eigenvalue weighted by Gasteiger charge is -2.41. The van der Waals surface area contributed by atoms with Crippen LogP contribution in [-0.4, -0.2) is 53.7 Å². The first kappa shape index (κ1) is 30.4. The highest BCUT2D eigenvalue weighted by atomic mass is 19.4. The molecule has 0 aliphatic heterocycles. The zero-order valence-electron chi connectivity index (χ0n) is 16.0. The first-order valence-electron chi connectivity index (χ1n) is 8.52. The summed E-state index contributed by atoms with van der Waals surface area (Å²) in [6.45, 7) is 2.56. The average Bonchev–Trinajstić information content (AvgIpc) is 2.59. The van der Waals surface area contributed by atoms with Gasteiger partial charge in [-0.25, -0.2) is 0 Å². The highest BCUT2D eigenvalue weighted by molar-refractivity contribution is 5.85. The van der Waals surface area contributed by atoms with Crippen molar-refractivity contribution in [2.24, 2.45) is 0 Å². The summed E-state index contributed by atoms with van der Waals surface area (Å²) < 4.78 is 196. The third-order valence-electron chi connectivity index (χ3n) is 4.23. The Morgan fingerprint density at radius 3 is 1.41 bits per heavy atom. The Morgan fingerprint density at radius 1 is 0.656 bits per heavy atom. The molecule has 0 spiro atoms. The van der Waals surface area contributed by atoms with Gasteiger partial charge in [-0.3, -0.25) is 4.79 Å². The van der Waals surface area contributed by atoms with Crippen molar-refractivity contribution in [1.82, 2.24) is 5.32 Å². The van der Waals surface area contributed by atoms with E-state index in [1.54, 1.807) is 6.92 Å². The quantitative estimate of drug-likeness (QED) is 0.251. The van der Waals surface area contributed by atoms with Crippen LogP contribution in [0.3, 0.4) is 0 Å². The minimum Gasteiger partial charge on any atom is -0.348 e. The molecule has 0 radical (unpaired) electrons. The fourth-order valence-electron chi connectivity index (χ4n) is 2.20. The van der Waals surface area contributed by atoms with Crippen LogP contribution >= 0.6 is 0 Å². The molecule has 0 fully saturated rings. The molecule has 1 N–H and O–H groups in total. The molecule has 17 heteroatoms. The second-order valence-corrected chi connectivity index (χ2v) is 6.81. The zero-order valence-corrected chi connectivity index (χ0v) is 16.0. The molecular formula is C15H16F15NO. The Bertz CT molecular complexity index is 656. The monoisotopic (exact) mass is 511 g/mol. The lowest BCUT2D eigenvalue weighted by molar-refractivity contribution is -0.449. The lowest BCUT2D eigenvalue weighted by atomic mass is 9.90. The van der Waals surface area contributed by atoms with Crippen LogP contribution in [0.2, 0.25) is 0 Å². The molecule has 0 bridgehead atoms. The van der Waals surface area contributed by atoms with Crippen molar-refractivity contribution in [2.75, 3.05) is 0 Å². The Hall–Kier alpha value is -1.58. The second-order valence-electron chi connectivity index (χ2n) is 6.81. The molecular weight excluding hydrogens is 495 g/mol. The van der Waals surface area contributed by atoms with Crippen molar-refractivity contribution in [3.63, 3.8) is 0 Å². The summed E-state index contributed by atoms with van der Waals surface area (Å²) in [5, 5.41) is 1.04. The summed E-state index contributed by atoms with van der Waals surface area (Å²) in [4.78, 5) is 11.3. The van der Waals surface area contributed by atoms with Crippen molar-refractivity contribution in [1.29, 1.82) is 0 Å². The van der Waals surface area contributed by atoms with Crippen molar-refractivity contribution < 1.29 is 70.7 Å². The summed E-state index contributed by atoms with van der Waals surface area (Å²) in [6.07, 6.45) is -6.71. The number of hydrogen-bond acceptors (Lipinski definition) is 1. The van der Waals surface area contributed by atoms with Gasteiger partial charge in [0.25, 0.3) is 5.91 Å². The normalized spacial score (nSPS) is 16.2. The molecule has 0 aromatic heterocycles. The maximum atomic E-state index is 13.7. The zero-order chi connectivity index (χ0) is 26.2. The first-order valence-corrected chi connectivity index (χ1v) is 8.52. The Labute approximate surface area is 170 Å². The van der Waals surface area contributed by atoms with Crippen LogP contribution in [-0.2, 0) is 4.79 Å². The number of unbranched alkanes of at least 4 members (excludes halogenated alkanes) is 2. The molecule has 0 aliphatic carbocycles. The summed E-state index contributed by atoms with van der Waals surface area (Å²) in [7, 11) is 0. The predicted octanol–water partition coefficient (Wildman–Crippen LogP) is 6.45. The highest BCUT2D eigenvalue weighted by Crippen LogP contribution is 2.62. The van der Waals surface area contributed by atoms with E-state index in [1.165, 1.54) is 0 Å². The van der Waals surface area contributed by atoms with E-state index in [4.69, 9.17) is 0 Å². The van der Waals surface area contributed by atoms with E-state index in [2.05, 4.69) is 0 Å². The van der Waals surface area contributed by atoms with Crippen LogP contribution in [0.5, 0.6) is 0 Å². The Balaban J connectivity index is 6.17. The fourth-order valence-corrected chi connectivity index (χ4v) is 2.20. The minimum atomic E-state index is -8.40. The molecule has 32 heavy (non-hydrogen) atoms. The van der Waals surface area contributed by atoms with Gasteiger partial charge < -0.3 is 5.32 Å². The van der Waals surface area contributed by atoms with Gasteiger partial charge in [-0.15, -0.1) is 0 Å². The van der Waals surface area contributed by atoms with Gasteiger partial charge in [0.1, 0.15) is 0 Å². The van der Waals surface area contributed by atoms with E-state index in [-0.39, 0.29) is 12.8 Å². The van der Waals surface area contributed by atoms with Crippen molar-refractivity contribution in [3.8, 4) is 0 Å².